The maximum Gasteiger partial charge on any atom is 0.223 e. The lowest BCUT2D eigenvalue weighted by molar-refractivity contribution is -0.128. The average molecular weight is 224 g/mol. The van der Waals surface area contributed by atoms with Crippen LogP contribution < -0.4 is 5.32 Å². The van der Waals surface area contributed by atoms with Gasteiger partial charge in [0.15, 0.2) is 0 Å². The third-order valence-electron chi connectivity index (χ3n) is 2.79. The molecule has 0 radical (unpaired) electrons. The van der Waals surface area contributed by atoms with Gasteiger partial charge >= 0.3 is 0 Å². The van der Waals surface area contributed by atoms with Gasteiger partial charge in [-0.05, 0) is 19.8 Å². The highest BCUT2D eigenvalue weighted by Gasteiger charge is 2.23. The second-order valence-corrected chi connectivity index (χ2v) is 3.99. The van der Waals surface area contributed by atoms with Crippen LogP contribution in [-0.2, 0) is 9.53 Å². The summed E-state index contributed by atoms with van der Waals surface area (Å²) < 4.78 is 5.22. The zero-order chi connectivity index (χ0) is 11.4. The van der Waals surface area contributed by atoms with Crippen LogP contribution in [-0.4, -0.2) is 34.3 Å². The van der Waals surface area contributed by atoms with Crippen molar-refractivity contribution in [3.8, 4) is 0 Å². The lowest BCUT2D eigenvalue weighted by Crippen LogP contribution is -2.36. The van der Waals surface area contributed by atoms with E-state index in [1.54, 1.807) is 0 Å². The molecule has 2 rings (SSSR count). The van der Waals surface area contributed by atoms with Crippen molar-refractivity contribution in [2.24, 2.45) is 5.92 Å². The van der Waals surface area contributed by atoms with E-state index >= 15 is 0 Å². The van der Waals surface area contributed by atoms with E-state index in [2.05, 4.69) is 20.5 Å². The number of rotatable bonds is 3. The van der Waals surface area contributed by atoms with Gasteiger partial charge in [-0.1, -0.05) is 0 Å². The molecule has 1 aromatic heterocycles. The number of hydrogen-bond acceptors (Lipinski definition) is 4. The Bertz CT molecular complexity index is 333. The second kappa shape index (κ2) is 5.07. The molecule has 1 atom stereocenters. The Balaban J connectivity index is 1.86. The van der Waals surface area contributed by atoms with Crippen LogP contribution in [0.3, 0.4) is 0 Å². The molecule has 88 valence electrons. The molecule has 1 aromatic rings. The van der Waals surface area contributed by atoms with Gasteiger partial charge in [-0.2, -0.15) is 5.10 Å². The van der Waals surface area contributed by atoms with Crippen LogP contribution in [0.25, 0.3) is 0 Å². The quantitative estimate of drug-likeness (QED) is 0.779. The van der Waals surface area contributed by atoms with Crippen LogP contribution in [0.1, 0.15) is 31.6 Å². The molecule has 16 heavy (non-hydrogen) atoms. The molecule has 6 heteroatoms. The molecular weight excluding hydrogens is 208 g/mol. The molecule has 1 aliphatic heterocycles. The molecule has 0 aliphatic carbocycles. The minimum Gasteiger partial charge on any atom is -0.381 e. The summed E-state index contributed by atoms with van der Waals surface area (Å²) in [5, 5.41) is 9.42. The third kappa shape index (κ3) is 2.57. The highest BCUT2D eigenvalue weighted by molar-refractivity contribution is 5.79. The van der Waals surface area contributed by atoms with Gasteiger partial charge < -0.3 is 10.1 Å². The molecule has 1 unspecified atom stereocenters. The van der Waals surface area contributed by atoms with Gasteiger partial charge in [0, 0.05) is 19.1 Å². The topological polar surface area (TPSA) is 79.9 Å². The number of amides is 1. The maximum atomic E-state index is 11.9. The molecule has 1 saturated heterocycles. The first kappa shape index (κ1) is 11.1. The summed E-state index contributed by atoms with van der Waals surface area (Å²) in [4.78, 5) is 15.9. The summed E-state index contributed by atoms with van der Waals surface area (Å²) in [7, 11) is 0. The van der Waals surface area contributed by atoms with Crippen LogP contribution in [0.15, 0.2) is 6.33 Å². The van der Waals surface area contributed by atoms with Crippen LogP contribution in [0, 0.1) is 5.92 Å². The van der Waals surface area contributed by atoms with Gasteiger partial charge in [0.2, 0.25) is 5.91 Å². The summed E-state index contributed by atoms with van der Waals surface area (Å²) in [6.45, 7) is 3.24. The van der Waals surface area contributed by atoms with E-state index in [1.165, 1.54) is 6.33 Å². The first-order valence-corrected chi connectivity index (χ1v) is 5.50. The van der Waals surface area contributed by atoms with Crippen LogP contribution in [0.5, 0.6) is 0 Å². The number of nitrogens with zero attached hydrogens (tertiary/aromatic N) is 2. The minimum absolute atomic E-state index is 0.0686. The molecule has 6 nitrogen and oxygen atoms in total. The van der Waals surface area contributed by atoms with Crippen molar-refractivity contribution in [2.75, 3.05) is 13.2 Å². The molecule has 0 aromatic carbocycles. The van der Waals surface area contributed by atoms with Gasteiger partial charge in [-0.3, -0.25) is 9.89 Å². The van der Waals surface area contributed by atoms with Crippen LogP contribution in [0.4, 0.5) is 0 Å². The Hall–Kier alpha value is -1.43. The number of H-pyrrole nitrogens is 1. The molecular formula is C10H16N4O2. The van der Waals surface area contributed by atoms with E-state index in [9.17, 15) is 4.79 Å². The SMILES string of the molecule is CC(NC(=O)C1CCOCC1)c1ncn[nH]1. The second-order valence-electron chi connectivity index (χ2n) is 3.99. The zero-order valence-corrected chi connectivity index (χ0v) is 9.27. The highest BCUT2D eigenvalue weighted by atomic mass is 16.5. The summed E-state index contributed by atoms with van der Waals surface area (Å²) in [5.74, 6) is 0.826. The minimum atomic E-state index is -0.127. The first-order valence-electron chi connectivity index (χ1n) is 5.50. The van der Waals surface area contributed by atoms with E-state index in [4.69, 9.17) is 4.74 Å². The fraction of sp³-hybridized carbons (Fsp3) is 0.700. The predicted molar refractivity (Wildman–Crippen MR) is 56.5 cm³/mol. The van der Waals surface area contributed by atoms with Crippen molar-refractivity contribution < 1.29 is 9.53 Å². The Morgan fingerprint density at radius 1 is 1.62 bits per heavy atom. The molecule has 1 fully saturated rings. The molecule has 0 saturated carbocycles. The van der Waals surface area contributed by atoms with Gasteiger partial charge in [-0.25, -0.2) is 4.98 Å². The Labute approximate surface area is 93.8 Å². The summed E-state index contributed by atoms with van der Waals surface area (Å²) >= 11 is 0. The third-order valence-corrected chi connectivity index (χ3v) is 2.79. The molecule has 0 spiro atoms. The van der Waals surface area contributed by atoms with Crippen molar-refractivity contribution in [1.29, 1.82) is 0 Å². The van der Waals surface area contributed by atoms with Crippen LogP contribution in [0.2, 0.25) is 0 Å². The molecule has 1 aliphatic rings. The number of carbonyl (C=O) groups excluding carboxylic acids is 1. The van der Waals surface area contributed by atoms with Crippen molar-refractivity contribution in [1.82, 2.24) is 20.5 Å². The Morgan fingerprint density at radius 2 is 2.38 bits per heavy atom. The van der Waals surface area contributed by atoms with Gasteiger partial charge in [0.05, 0.1) is 6.04 Å². The number of carbonyl (C=O) groups is 1. The largest absolute Gasteiger partial charge is 0.381 e. The highest BCUT2D eigenvalue weighted by Crippen LogP contribution is 2.16. The fourth-order valence-corrected chi connectivity index (χ4v) is 1.78. The number of aromatic nitrogens is 3. The molecule has 2 N–H and O–H groups in total. The van der Waals surface area contributed by atoms with E-state index < -0.39 is 0 Å². The van der Waals surface area contributed by atoms with Crippen molar-refractivity contribution >= 4 is 5.91 Å². The predicted octanol–water partition coefficient (Wildman–Crippen LogP) is 0.408. The van der Waals surface area contributed by atoms with E-state index in [0.717, 1.165) is 12.8 Å². The van der Waals surface area contributed by atoms with E-state index in [0.29, 0.717) is 19.0 Å². The van der Waals surface area contributed by atoms with Crippen molar-refractivity contribution in [3.05, 3.63) is 12.2 Å². The Morgan fingerprint density at radius 3 is 3.00 bits per heavy atom. The maximum absolute atomic E-state index is 11.9. The van der Waals surface area contributed by atoms with Gasteiger partial charge in [0.1, 0.15) is 12.2 Å². The monoisotopic (exact) mass is 224 g/mol. The lowest BCUT2D eigenvalue weighted by Gasteiger charge is -2.22. The first-order chi connectivity index (χ1) is 7.77. The standard InChI is InChI=1S/C10H16N4O2/c1-7(9-11-6-12-14-9)13-10(15)8-2-4-16-5-3-8/h6-8H,2-5H2,1H3,(H,13,15)(H,11,12,14). The van der Waals surface area contributed by atoms with Gasteiger partial charge in [0.25, 0.3) is 0 Å². The molecule has 0 bridgehead atoms. The fourth-order valence-electron chi connectivity index (χ4n) is 1.78. The normalized spacial score (nSPS) is 19.3. The lowest BCUT2D eigenvalue weighted by atomic mass is 9.99. The van der Waals surface area contributed by atoms with Crippen molar-refractivity contribution in [3.63, 3.8) is 0 Å². The van der Waals surface area contributed by atoms with Crippen molar-refractivity contribution in [2.45, 2.75) is 25.8 Å². The summed E-state index contributed by atoms with van der Waals surface area (Å²) in [6, 6.07) is -0.127. The number of hydrogen-bond donors (Lipinski definition) is 2. The zero-order valence-electron chi connectivity index (χ0n) is 9.27. The molecule has 1 amide bonds. The number of ether oxygens (including phenoxy) is 1. The molecule has 2 heterocycles. The average Bonchev–Trinajstić information content (AvgIpc) is 2.83. The number of nitrogens with one attached hydrogen (secondary N) is 2. The van der Waals surface area contributed by atoms with E-state index in [-0.39, 0.29) is 17.9 Å². The summed E-state index contributed by atoms with van der Waals surface area (Å²) in [5.41, 5.74) is 0. The summed E-state index contributed by atoms with van der Waals surface area (Å²) in [6.07, 6.45) is 3.04. The Kier molecular flexibility index (Phi) is 3.51. The van der Waals surface area contributed by atoms with E-state index in [1.807, 2.05) is 6.92 Å². The smallest absolute Gasteiger partial charge is 0.223 e. The number of aromatic amines is 1. The van der Waals surface area contributed by atoms with Crippen LogP contribution >= 0.6 is 0 Å². The van der Waals surface area contributed by atoms with Gasteiger partial charge in [-0.15, -0.1) is 0 Å².